The van der Waals surface area contributed by atoms with E-state index in [1.54, 1.807) is 11.3 Å². The molecule has 2 heterocycles. The van der Waals surface area contributed by atoms with Crippen LogP contribution >= 0.6 is 11.3 Å². The summed E-state index contributed by atoms with van der Waals surface area (Å²) in [7, 11) is 0. The molecular formula is C18H22N2O2S. The highest BCUT2D eigenvalue weighted by atomic mass is 32.1. The van der Waals surface area contributed by atoms with E-state index in [-0.39, 0.29) is 11.8 Å². The van der Waals surface area contributed by atoms with Crippen LogP contribution in [0.4, 0.5) is 0 Å². The summed E-state index contributed by atoms with van der Waals surface area (Å²) in [6.45, 7) is 7.27. The Morgan fingerprint density at radius 1 is 1.43 bits per heavy atom. The van der Waals surface area contributed by atoms with Crippen molar-refractivity contribution in [1.29, 1.82) is 0 Å². The summed E-state index contributed by atoms with van der Waals surface area (Å²) in [5.41, 5.74) is 2.12. The van der Waals surface area contributed by atoms with Crippen LogP contribution in [0.5, 0.6) is 5.75 Å². The molecule has 23 heavy (non-hydrogen) atoms. The molecule has 0 bridgehead atoms. The van der Waals surface area contributed by atoms with E-state index in [1.807, 2.05) is 31.2 Å². The van der Waals surface area contributed by atoms with E-state index < -0.39 is 0 Å². The van der Waals surface area contributed by atoms with Gasteiger partial charge in [-0.05, 0) is 25.0 Å². The lowest BCUT2D eigenvalue weighted by Crippen LogP contribution is -2.37. The van der Waals surface area contributed by atoms with Crippen LogP contribution in [0, 0.1) is 12.8 Å². The summed E-state index contributed by atoms with van der Waals surface area (Å²) in [5.74, 6) is 1.25. The molecule has 0 radical (unpaired) electrons. The molecule has 4 nitrogen and oxygen atoms in total. The standard InChI is InChI=1S/C18H22N2O2S/c1-11(2)18-20-12(3)16(23-18)9-19-17(21)14-8-13-6-4-5-7-15(13)22-10-14/h4-7,11,14H,8-10H2,1-3H3,(H,19,21)/t14-/m1/s1. The second kappa shape index (κ2) is 6.71. The van der Waals surface area contributed by atoms with Crippen LogP contribution in [0.3, 0.4) is 0 Å². The number of fused-ring (bicyclic) bond motifs is 1. The summed E-state index contributed by atoms with van der Waals surface area (Å²) >= 11 is 1.69. The number of carbonyl (C=O) groups is 1. The van der Waals surface area contributed by atoms with Crippen molar-refractivity contribution >= 4 is 17.2 Å². The van der Waals surface area contributed by atoms with Crippen LogP contribution in [-0.2, 0) is 17.8 Å². The van der Waals surface area contributed by atoms with Crippen molar-refractivity contribution in [3.05, 3.63) is 45.4 Å². The van der Waals surface area contributed by atoms with Gasteiger partial charge in [-0.25, -0.2) is 4.98 Å². The van der Waals surface area contributed by atoms with Crippen molar-refractivity contribution < 1.29 is 9.53 Å². The van der Waals surface area contributed by atoms with Gasteiger partial charge in [0.05, 0.1) is 23.2 Å². The molecule has 1 aliphatic rings. The maximum atomic E-state index is 12.4. The topological polar surface area (TPSA) is 51.2 Å². The Morgan fingerprint density at radius 2 is 2.22 bits per heavy atom. The van der Waals surface area contributed by atoms with Crippen LogP contribution in [0.1, 0.15) is 40.9 Å². The second-order valence-corrected chi connectivity index (χ2v) is 7.37. The van der Waals surface area contributed by atoms with Gasteiger partial charge in [0.2, 0.25) is 5.91 Å². The number of ether oxygens (including phenoxy) is 1. The number of aromatic nitrogens is 1. The third-order valence-electron chi connectivity index (χ3n) is 4.08. The fraction of sp³-hybridized carbons (Fsp3) is 0.444. The van der Waals surface area contributed by atoms with E-state index in [9.17, 15) is 4.79 Å². The van der Waals surface area contributed by atoms with Gasteiger partial charge in [0.15, 0.2) is 0 Å². The molecule has 1 atom stereocenters. The van der Waals surface area contributed by atoms with E-state index >= 15 is 0 Å². The number of rotatable bonds is 4. The lowest BCUT2D eigenvalue weighted by molar-refractivity contribution is -0.126. The Labute approximate surface area is 140 Å². The van der Waals surface area contributed by atoms with Crippen molar-refractivity contribution in [3.8, 4) is 5.75 Å². The van der Waals surface area contributed by atoms with Crippen LogP contribution in [0.25, 0.3) is 0 Å². The predicted octanol–water partition coefficient (Wildman–Crippen LogP) is 3.44. The minimum absolute atomic E-state index is 0.0541. The summed E-state index contributed by atoms with van der Waals surface area (Å²) < 4.78 is 5.70. The maximum Gasteiger partial charge on any atom is 0.227 e. The molecule has 1 aromatic heterocycles. The van der Waals surface area contributed by atoms with Crippen molar-refractivity contribution in [2.24, 2.45) is 5.92 Å². The molecule has 1 aliphatic heterocycles. The van der Waals surface area contributed by atoms with Gasteiger partial charge >= 0.3 is 0 Å². The molecule has 5 heteroatoms. The molecule has 1 N–H and O–H groups in total. The van der Waals surface area contributed by atoms with Crippen molar-refractivity contribution in [2.75, 3.05) is 6.61 Å². The van der Waals surface area contributed by atoms with Crippen LogP contribution in [-0.4, -0.2) is 17.5 Å². The maximum absolute atomic E-state index is 12.4. The zero-order chi connectivity index (χ0) is 16.4. The molecule has 3 rings (SSSR count). The van der Waals surface area contributed by atoms with E-state index in [1.165, 1.54) is 0 Å². The first-order chi connectivity index (χ1) is 11.0. The first kappa shape index (κ1) is 16.0. The lowest BCUT2D eigenvalue weighted by Gasteiger charge is -2.24. The highest BCUT2D eigenvalue weighted by Gasteiger charge is 2.25. The third-order valence-corrected chi connectivity index (χ3v) is 5.53. The number of amides is 1. The largest absolute Gasteiger partial charge is 0.492 e. The molecule has 1 amide bonds. The van der Waals surface area contributed by atoms with Gasteiger partial charge in [-0.1, -0.05) is 32.0 Å². The average molecular weight is 330 g/mol. The number of thiazole rings is 1. The summed E-state index contributed by atoms with van der Waals surface area (Å²) in [5, 5.41) is 4.17. The Hall–Kier alpha value is -1.88. The molecule has 0 fully saturated rings. The Kier molecular flexibility index (Phi) is 4.66. The Bertz CT molecular complexity index is 709. The average Bonchev–Trinajstić information content (AvgIpc) is 2.93. The minimum Gasteiger partial charge on any atom is -0.492 e. The zero-order valence-electron chi connectivity index (χ0n) is 13.8. The first-order valence-electron chi connectivity index (χ1n) is 7.99. The predicted molar refractivity (Wildman–Crippen MR) is 91.9 cm³/mol. The van der Waals surface area contributed by atoms with Gasteiger partial charge in [0.1, 0.15) is 12.4 Å². The Morgan fingerprint density at radius 3 is 2.96 bits per heavy atom. The zero-order valence-corrected chi connectivity index (χ0v) is 14.6. The summed E-state index contributed by atoms with van der Waals surface area (Å²) in [6.07, 6.45) is 0.737. The quantitative estimate of drug-likeness (QED) is 0.934. The number of nitrogens with one attached hydrogen (secondary N) is 1. The monoisotopic (exact) mass is 330 g/mol. The van der Waals surface area contributed by atoms with Crippen LogP contribution in [0.2, 0.25) is 0 Å². The van der Waals surface area contributed by atoms with Crippen molar-refractivity contribution in [1.82, 2.24) is 10.3 Å². The summed E-state index contributed by atoms with van der Waals surface area (Å²) in [4.78, 5) is 18.1. The molecule has 2 aromatic rings. The number of nitrogens with zero attached hydrogens (tertiary/aromatic N) is 1. The van der Waals surface area contributed by atoms with Crippen LogP contribution < -0.4 is 10.1 Å². The number of carbonyl (C=O) groups excluding carboxylic acids is 1. The van der Waals surface area contributed by atoms with E-state index in [2.05, 4.69) is 24.1 Å². The molecule has 0 aliphatic carbocycles. The highest BCUT2D eigenvalue weighted by molar-refractivity contribution is 7.11. The second-order valence-electron chi connectivity index (χ2n) is 6.25. The number of hydrogen-bond acceptors (Lipinski definition) is 4. The van der Waals surface area contributed by atoms with Crippen molar-refractivity contribution in [3.63, 3.8) is 0 Å². The van der Waals surface area contributed by atoms with E-state index in [0.717, 1.165) is 33.3 Å². The fourth-order valence-corrected chi connectivity index (χ4v) is 3.68. The van der Waals surface area contributed by atoms with E-state index in [0.29, 0.717) is 19.1 Å². The van der Waals surface area contributed by atoms with Crippen molar-refractivity contribution in [2.45, 2.75) is 39.7 Å². The molecule has 1 aromatic carbocycles. The number of benzene rings is 1. The van der Waals surface area contributed by atoms with Crippen LogP contribution in [0.15, 0.2) is 24.3 Å². The third kappa shape index (κ3) is 3.55. The fourth-order valence-electron chi connectivity index (χ4n) is 2.67. The van der Waals surface area contributed by atoms with Gasteiger partial charge in [-0.3, -0.25) is 4.79 Å². The molecule has 122 valence electrons. The number of hydrogen-bond donors (Lipinski definition) is 1. The molecule has 0 spiro atoms. The Balaban J connectivity index is 1.60. The lowest BCUT2D eigenvalue weighted by atomic mass is 9.96. The molecule has 0 saturated carbocycles. The minimum atomic E-state index is -0.123. The SMILES string of the molecule is Cc1nc(C(C)C)sc1CNC(=O)[C@H]1COc2ccccc2C1. The summed E-state index contributed by atoms with van der Waals surface area (Å²) in [6, 6.07) is 7.92. The molecular weight excluding hydrogens is 308 g/mol. The van der Waals surface area contributed by atoms with Gasteiger partial charge < -0.3 is 10.1 Å². The molecule has 0 unspecified atom stereocenters. The molecule has 0 saturated heterocycles. The van der Waals surface area contributed by atoms with Gasteiger partial charge in [-0.15, -0.1) is 11.3 Å². The van der Waals surface area contributed by atoms with Gasteiger partial charge in [0.25, 0.3) is 0 Å². The van der Waals surface area contributed by atoms with Gasteiger partial charge in [-0.2, -0.15) is 0 Å². The van der Waals surface area contributed by atoms with Gasteiger partial charge in [0, 0.05) is 10.8 Å². The number of aryl methyl sites for hydroxylation is 1. The normalized spacial score (nSPS) is 16.8. The van der Waals surface area contributed by atoms with E-state index in [4.69, 9.17) is 4.74 Å². The first-order valence-corrected chi connectivity index (χ1v) is 8.81. The smallest absolute Gasteiger partial charge is 0.227 e. The highest BCUT2D eigenvalue weighted by Crippen LogP contribution is 2.27. The number of para-hydroxylation sites is 1.